The zero-order valence-corrected chi connectivity index (χ0v) is 8.82. The molecule has 78 valence electrons. The summed E-state index contributed by atoms with van der Waals surface area (Å²) >= 11 is 5.96. The summed E-state index contributed by atoms with van der Waals surface area (Å²) in [5.41, 5.74) is 1.47. The van der Waals surface area contributed by atoms with Crippen LogP contribution in [0.3, 0.4) is 0 Å². The Morgan fingerprint density at radius 2 is 2.33 bits per heavy atom. The Balaban J connectivity index is 2.64. The van der Waals surface area contributed by atoms with Crippen molar-refractivity contribution in [2.24, 2.45) is 0 Å². The first kappa shape index (κ1) is 9.98. The van der Waals surface area contributed by atoms with E-state index in [9.17, 15) is 4.79 Å². The molecule has 0 bridgehead atoms. The van der Waals surface area contributed by atoms with E-state index in [0.29, 0.717) is 10.5 Å². The van der Waals surface area contributed by atoms with Gasteiger partial charge in [-0.15, -0.1) is 0 Å². The average Bonchev–Trinajstić information content (AvgIpc) is 2.46. The van der Waals surface area contributed by atoms with Gasteiger partial charge in [-0.1, -0.05) is 23.7 Å². The summed E-state index contributed by atoms with van der Waals surface area (Å²) < 4.78 is 1.44. The van der Waals surface area contributed by atoms with Gasteiger partial charge in [-0.2, -0.15) is 5.10 Å². The number of carbonyl (C=O) groups is 1. The quantitative estimate of drug-likeness (QED) is 0.850. The number of aryl methyl sites for hydroxylation is 1. The molecule has 0 saturated heterocycles. The number of benzene rings is 1. The predicted molar refractivity (Wildman–Crippen MR) is 57.1 cm³/mol. The summed E-state index contributed by atoms with van der Waals surface area (Å²) in [7, 11) is 0. The molecule has 1 aromatic heterocycles. The van der Waals surface area contributed by atoms with Crippen molar-refractivity contribution in [2.45, 2.75) is 13.5 Å². The molecular formula is C10H9ClN2O2. The third kappa shape index (κ3) is 1.68. The highest BCUT2D eigenvalue weighted by molar-refractivity contribution is 6.35. The Morgan fingerprint density at radius 3 is 2.93 bits per heavy atom. The normalized spacial score (nSPS) is 10.8. The number of hydrogen-bond acceptors (Lipinski definition) is 2. The van der Waals surface area contributed by atoms with Gasteiger partial charge in [0.1, 0.15) is 12.1 Å². The van der Waals surface area contributed by atoms with Crippen molar-refractivity contribution in [3.63, 3.8) is 0 Å². The van der Waals surface area contributed by atoms with Gasteiger partial charge >= 0.3 is 5.97 Å². The highest BCUT2D eigenvalue weighted by Gasteiger charge is 2.11. The van der Waals surface area contributed by atoms with Crippen LogP contribution in [-0.4, -0.2) is 20.9 Å². The molecule has 1 aromatic carbocycles. The zero-order chi connectivity index (χ0) is 11.0. The number of fused-ring (bicyclic) bond motifs is 1. The number of nitrogens with zero attached hydrogens (tertiary/aromatic N) is 2. The Labute approximate surface area is 91.1 Å². The summed E-state index contributed by atoms with van der Waals surface area (Å²) in [5.74, 6) is -0.915. The van der Waals surface area contributed by atoms with Crippen molar-refractivity contribution in [3.8, 4) is 0 Å². The van der Waals surface area contributed by atoms with E-state index in [4.69, 9.17) is 16.7 Å². The molecular weight excluding hydrogens is 216 g/mol. The maximum Gasteiger partial charge on any atom is 0.325 e. The summed E-state index contributed by atoms with van der Waals surface area (Å²) in [4.78, 5) is 10.6. The van der Waals surface area contributed by atoms with Crippen LogP contribution >= 0.6 is 11.6 Å². The SMILES string of the molecule is Cc1c2cccc(Cl)c2nn1CC(=O)O. The van der Waals surface area contributed by atoms with Crippen molar-refractivity contribution in [1.82, 2.24) is 9.78 Å². The molecule has 2 aromatic rings. The van der Waals surface area contributed by atoms with Gasteiger partial charge in [-0.3, -0.25) is 9.48 Å². The molecule has 0 amide bonds. The summed E-state index contributed by atoms with van der Waals surface area (Å²) in [6, 6.07) is 5.44. The molecule has 0 fully saturated rings. The van der Waals surface area contributed by atoms with Crippen molar-refractivity contribution in [2.75, 3.05) is 0 Å². The van der Waals surface area contributed by atoms with Crippen LogP contribution in [0.15, 0.2) is 18.2 Å². The predicted octanol–water partition coefficient (Wildman–Crippen LogP) is 2.08. The van der Waals surface area contributed by atoms with Crippen LogP contribution in [0.25, 0.3) is 10.9 Å². The fraction of sp³-hybridized carbons (Fsp3) is 0.200. The first-order chi connectivity index (χ1) is 7.09. The Morgan fingerprint density at radius 1 is 1.60 bits per heavy atom. The molecule has 0 aliphatic rings. The van der Waals surface area contributed by atoms with E-state index in [2.05, 4.69) is 5.10 Å². The van der Waals surface area contributed by atoms with Gasteiger partial charge in [0, 0.05) is 11.1 Å². The summed E-state index contributed by atoms with van der Waals surface area (Å²) in [6.07, 6.45) is 0. The fourth-order valence-electron chi connectivity index (χ4n) is 1.53. The van der Waals surface area contributed by atoms with Crippen LogP contribution in [0, 0.1) is 6.92 Å². The van der Waals surface area contributed by atoms with Gasteiger partial charge in [-0.25, -0.2) is 0 Å². The van der Waals surface area contributed by atoms with Crippen molar-refractivity contribution < 1.29 is 9.90 Å². The molecule has 0 saturated carbocycles. The van der Waals surface area contributed by atoms with Crippen LogP contribution < -0.4 is 0 Å². The lowest BCUT2D eigenvalue weighted by Gasteiger charge is -1.97. The second-order valence-corrected chi connectivity index (χ2v) is 3.68. The maximum absolute atomic E-state index is 10.6. The second-order valence-electron chi connectivity index (χ2n) is 3.27. The Bertz CT molecular complexity index is 533. The molecule has 0 radical (unpaired) electrons. The third-order valence-corrected chi connectivity index (χ3v) is 2.57. The minimum absolute atomic E-state index is 0.142. The van der Waals surface area contributed by atoms with Gasteiger partial charge < -0.3 is 5.11 Å². The largest absolute Gasteiger partial charge is 0.480 e. The van der Waals surface area contributed by atoms with Crippen LogP contribution in [0.1, 0.15) is 5.69 Å². The Kier molecular flexibility index (Phi) is 2.36. The van der Waals surface area contributed by atoms with Crippen LogP contribution in [0.2, 0.25) is 5.02 Å². The molecule has 0 spiro atoms. The standard InChI is InChI=1S/C10H9ClN2O2/c1-6-7-3-2-4-8(11)10(7)12-13(6)5-9(14)15/h2-4H,5H2,1H3,(H,14,15). The lowest BCUT2D eigenvalue weighted by atomic mass is 10.2. The first-order valence-electron chi connectivity index (χ1n) is 4.43. The second kappa shape index (κ2) is 3.55. The number of rotatable bonds is 2. The number of carboxylic acid groups (broad SMARTS) is 1. The van der Waals surface area contributed by atoms with Gasteiger partial charge in [0.25, 0.3) is 0 Å². The molecule has 2 rings (SSSR count). The molecule has 0 aliphatic heterocycles. The summed E-state index contributed by atoms with van der Waals surface area (Å²) in [6.45, 7) is 1.69. The number of carboxylic acids is 1. The number of halogens is 1. The topological polar surface area (TPSA) is 55.1 Å². The molecule has 0 atom stereocenters. The average molecular weight is 225 g/mol. The number of aromatic nitrogens is 2. The first-order valence-corrected chi connectivity index (χ1v) is 4.81. The van der Waals surface area contributed by atoms with Crippen LogP contribution in [-0.2, 0) is 11.3 Å². The molecule has 0 unspecified atom stereocenters. The van der Waals surface area contributed by atoms with E-state index in [0.717, 1.165) is 11.1 Å². The van der Waals surface area contributed by atoms with Crippen molar-refractivity contribution in [3.05, 3.63) is 28.9 Å². The molecule has 5 heteroatoms. The van der Waals surface area contributed by atoms with E-state index in [1.54, 1.807) is 6.07 Å². The van der Waals surface area contributed by atoms with E-state index >= 15 is 0 Å². The third-order valence-electron chi connectivity index (χ3n) is 2.27. The molecule has 15 heavy (non-hydrogen) atoms. The lowest BCUT2D eigenvalue weighted by molar-refractivity contribution is -0.137. The summed E-state index contributed by atoms with van der Waals surface area (Å²) in [5, 5.41) is 14.3. The minimum atomic E-state index is -0.915. The van der Waals surface area contributed by atoms with Gasteiger partial charge in [0.05, 0.1) is 5.02 Å². The molecule has 0 aliphatic carbocycles. The minimum Gasteiger partial charge on any atom is -0.480 e. The van der Waals surface area contributed by atoms with Crippen molar-refractivity contribution in [1.29, 1.82) is 0 Å². The number of aliphatic carboxylic acids is 1. The van der Waals surface area contributed by atoms with Gasteiger partial charge in [-0.05, 0) is 13.0 Å². The molecule has 4 nitrogen and oxygen atoms in total. The van der Waals surface area contributed by atoms with Crippen LogP contribution in [0.4, 0.5) is 0 Å². The molecule has 1 N–H and O–H groups in total. The molecule has 1 heterocycles. The van der Waals surface area contributed by atoms with E-state index in [1.165, 1.54) is 4.68 Å². The van der Waals surface area contributed by atoms with Crippen molar-refractivity contribution >= 4 is 28.5 Å². The lowest BCUT2D eigenvalue weighted by Crippen LogP contribution is -2.11. The highest BCUT2D eigenvalue weighted by atomic mass is 35.5. The van der Waals surface area contributed by atoms with E-state index in [-0.39, 0.29) is 6.54 Å². The zero-order valence-electron chi connectivity index (χ0n) is 8.07. The number of hydrogen-bond donors (Lipinski definition) is 1. The van der Waals surface area contributed by atoms with E-state index < -0.39 is 5.97 Å². The van der Waals surface area contributed by atoms with E-state index in [1.807, 2.05) is 19.1 Å². The Hall–Kier alpha value is -1.55. The van der Waals surface area contributed by atoms with Gasteiger partial charge in [0.2, 0.25) is 0 Å². The smallest absolute Gasteiger partial charge is 0.325 e. The maximum atomic E-state index is 10.6. The fourth-order valence-corrected chi connectivity index (χ4v) is 1.74. The highest BCUT2D eigenvalue weighted by Crippen LogP contribution is 2.24. The van der Waals surface area contributed by atoms with Crippen LogP contribution in [0.5, 0.6) is 0 Å². The van der Waals surface area contributed by atoms with Gasteiger partial charge in [0.15, 0.2) is 0 Å². The monoisotopic (exact) mass is 224 g/mol.